The van der Waals surface area contributed by atoms with E-state index >= 15 is 0 Å². The number of amides is 1. The van der Waals surface area contributed by atoms with Crippen molar-refractivity contribution in [1.82, 2.24) is 9.80 Å². The van der Waals surface area contributed by atoms with Gasteiger partial charge in [-0.15, -0.1) is 12.6 Å². The Morgan fingerprint density at radius 1 is 1.15 bits per heavy atom. The lowest BCUT2D eigenvalue weighted by atomic mass is 10.1. The first-order valence-corrected chi connectivity index (χ1v) is 7.97. The molecule has 0 saturated carbocycles. The average Bonchev–Trinajstić information content (AvgIpc) is 2.78. The third-order valence-electron chi connectivity index (χ3n) is 4.45. The summed E-state index contributed by atoms with van der Waals surface area (Å²) in [4.78, 5) is 18.1. The summed E-state index contributed by atoms with van der Waals surface area (Å²) in [6.07, 6.45) is 4.16. The minimum absolute atomic E-state index is 0.269. The minimum atomic E-state index is 0.269. The summed E-state index contributed by atoms with van der Waals surface area (Å²) in [6.45, 7) is 4.21. The van der Waals surface area contributed by atoms with Crippen LogP contribution in [0, 0.1) is 0 Å². The standard InChI is InChI=1S/C16H22N2OS/c19-16(11-13-4-6-15(20)7-5-13)18-10-2-9-17-8-1-3-14(17)12-18/h4-7,14,20H,1-3,8-12H2. The van der Waals surface area contributed by atoms with Gasteiger partial charge in [0.15, 0.2) is 0 Å². The molecule has 1 unspecified atom stereocenters. The molecule has 2 heterocycles. The van der Waals surface area contributed by atoms with Gasteiger partial charge in [0, 0.05) is 30.6 Å². The number of nitrogens with zero attached hydrogens (tertiary/aromatic N) is 2. The Bertz CT molecular complexity index is 474. The van der Waals surface area contributed by atoms with Gasteiger partial charge < -0.3 is 4.90 Å². The number of rotatable bonds is 2. The fraction of sp³-hybridized carbons (Fsp3) is 0.562. The molecule has 3 rings (SSSR count). The molecule has 2 saturated heterocycles. The van der Waals surface area contributed by atoms with Gasteiger partial charge in [-0.05, 0) is 43.5 Å². The zero-order valence-corrected chi connectivity index (χ0v) is 12.7. The lowest BCUT2D eigenvalue weighted by molar-refractivity contribution is -0.130. The molecule has 1 aromatic rings. The molecule has 1 atom stereocenters. The van der Waals surface area contributed by atoms with Crippen molar-refractivity contribution < 1.29 is 4.79 Å². The fourth-order valence-electron chi connectivity index (χ4n) is 3.33. The van der Waals surface area contributed by atoms with E-state index in [1.54, 1.807) is 0 Å². The Labute approximate surface area is 126 Å². The van der Waals surface area contributed by atoms with Gasteiger partial charge in [0.05, 0.1) is 6.42 Å². The molecule has 2 aliphatic heterocycles. The molecule has 4 heteroatoms. The highest BCUT2D eigenvalue weighted by molar-refractivity contribution is 7.80. The summed E-state index contributed by atoms with van der Waals surface area (Å²) in [5.41, 5.74) is 1.08. The molecule has 20 heavy (non-hydrogen) atoms. The SMILES string of the molecule is O=C(Cc1ccc(S)cc1)N1CCCN2CCCC2C1. The van der Waals surface area contributed by atoms with Crippen LogP contribution in [0.1, 0.15) is 24.8 Å². The van der Waals surface area contributed by atoms with Gasteiger partial charge in [-0.3, -0.25) is 9.69 Å². The van der Waals surface area contributed by atoms with Gasteiger partial charge in [0.25, 0.3) is 0 Å². The van der Waals surface area contributed by atoms with Crippen LogP contribution in [0.2, 0.25) is 0 Å². The number of carbonyl (C=O) groups is 1. The van der Waals surface area contributed by atoms with Crippen molar-refractivity contribution in [2.24, 2.45) is 0 Å². The second-order valence-electron chi connectivity index (χ2n) is 5.87. The maximum atomic E-state index is 12.5. The van der Waals surface area contributed by atoms with Gasteiger partial charge in [0.1, 0.15) is 0 Å². The quantitative estimate of drug-likeness (QED) is 0.844. The zero-order valence-electron chi connectivity index (χ0n) is 11.8. The highest BCUT2D eigenvalue weighted by Gasteiger charge is 2.30. The summed E-state index contributed by atoms with van der Waals surface area (Å²) < 4.78 is 0. The molecule has 2 fully saturated rings. The summed E-state index contributed by atoms with van der Waals surface area (Å²) >= 11 is 4.28. The number of hydrogen-bond acceptors (Lipinski definition) is 3. The van der Waals surface area contributed by atoms with Crippen molar-refractivity contribution in [3.63, 3.8) is 0 Å². The van der Waals surface area contributed by atoms with Crippen molar-refractivity contribution in [3.05, 3.63) is 29.8 Å². The van der Waals surface area contributed by atoms with Crippen LogP contribution < -0.4 is 0 Å². The number of hydrogen-bond donors (Lipinski definition) is 1. The molecule has 0 bridgehead atoms. The van der Waals surface area contributed by atoms with Crippen molar-refractivity contribution in [2.75, 3.05) is 26.2 Å². The zero-order chi connectivity index (χ0) is 13.9. The van der Waals surface area contributed by atoms with Crippen LogP contribution in [-0.4, -0.2) is 47.9 Å². The van der Waals surface area contributed by atoms with E-state index in [2.05, 4.69) is 22.4 Å². The monoisotopic (exact) mass is 290 g/mol. The van der Waals surface area contributed by atoms with Crippen LogP contribution in [0.4, 0.5) is 0 Å². The summed E-state index contributed by atoms with van der Waals surface area (Å²) in [6, 6.07) is 8.50. The minimum Gasteiger partial charge on any atom is -0.341 e. The predicted octanol–water partition coefficient (Wildman–Crippen LogP) is 2.21. The molecule has 0 aliphatic carbocycles. The molecule has 3 nitrogen and oxygen atoms in total. The molecule has 1 aromatic carbocycles. The van der Waals surface area contributed by atoms with E-state index in [0.717, 1.165) is 36.5 Å². The van der Waals surface area contributed by atoms with E-state index in [9.17, 15) is 4.79 Å². The van der Waals surface area contributed by atoms with Crippen LogP contribution in [-0.2, 0) is 11.2 Å². The summed E-state index contributed by atoms with van der Waals surface area (Å²) in [5, 5.41) is 0. The molecular formula is C16H22N2OS. The largest absolute Gasteiger partial charge is 0.341 e. The van der Waals surface area contributed by atoms with Gasteiger partial charge >= 0.3 is 0 Å². The smallest absolute Gasteiger partial charge is 0.227 e. The lowest BCUT2D eigenvalue weighted by Gasteiger charge is -2.25. The highest BCUT2D eigenvalue weighted by atomic mass is 32.1. The van der Waals surface area contributed by atoms with Crippen molar-refractivity contribution in [3.8, 4) is 0 Å². The second kappa shape index (κ2) is 6.19. The molecular weight excluding hydrogens is 268 g/mol. The van der Waals surface area contributed by atoms with Crippen molar-refractivity contribution in [2.45, 2.75) is 36.6 Å². The topological polar surface area (TPSA) is 23.6 Å². The van der Waals surface area contributed by atoms with Crippen LogP contribution in [0.25, 0.3) is 0 Å². The van der Waals surface area contributed by atoms with Crippen LogP contribution in [0.15, 0.2) is 29.2 Å². The number of fused-ring (bicyclic) bond motifs is 1. The van der Waals surface area contributed by atoms with Gasteiger partial charge in [-0.2, -0.15) is 0 Å². The first-order chi connectivity index (χ1) is 9.72. The Morgan fingerprint density at radius 3 is 2.70 bits per heavy atom. The summed E-state index contributed by atoms with van der Waals surface area (Å²) in [7, 11) is 0. The van der Waals surface area contributed by atoms with Gasteiger partial charge in [-0.25, -0.2) is 0 Å². The van der Waals surface area contributed by atoms with E-state index in [0.29, 0.717) is 12.5 Å². The maximum Gasteiger partial charge on any atom is 0.227 e. The van der Waals surface area contributed by atoms with E-state index in [1.807, 2.05) is 24.3 Å². The van der Waals surface area contributed by atoms with Gasteiger partial charge in [0.2, 0.25) is 5.91 Å². The Morgan fingerprint density at radius 2 is 1.90 bits per heavy atom. The van der Waals surface area contributed by atoms with Crippen LogP contribution in [0.5, 0.6) is 0 Å². The van der Waals surface area contributed by atoms with Crippen LogP contribution >= 0.6 is 12.6 Å². The normalized spacial score (nSPS) is 23.4. The molecule has 0 spiro atoms. The number of carbonyl (C=O) groups excluding carboxylic acids is 1. The Kier molecular flexibility index (Phi) is 4.32. The Balaban J connectivity index is 1.62. The third-order valence-corrected chi connectivity index (χ3v) is 4.75. The average molecular weight is 290 g/mol. The lowest BCUT2D eigenvalue weighted by Crippen LogP contribution is -2.40. The van der Waals surface area contributed by atoms with E-state index in [4.69, 9.17) is 0 Å². The summed E-state index contributed by atoms with van der Waals surface area (Å²) in [5.74, 6) is 0.269. The highest BCUT2D eigenvalue weighted by Crippen LogP contribution is 2.21. The first-order valence-electron chi connectivity index (χ1n) is 7.52. The fourth-order valence-corrected chi connectivity index (χ4v) is 3.48. The van der Waals surface area contributed by atoms with Gasteiger partial charge in [-0.1, -0.05) is 12.1 Å². The molecule has 0 N–H and O–H groups in total. The van der Waals surface area contributed by atoms with Crippen molar-refractivity contribution >= 4 is 18.5 Å². The van der Waals surface area contributed by atoms with E-state index < -0.39 is 0 Å². The molecule has 1 amide bonds. The molecule has 0 aromatic heterocycles. The molecule has 2 aliphatic rings. The first kappa shape index (κ1) is 14.0. The Hall–Kier alpha value is -1.00. The third kappa shape index (κ3) is 3.18. The molecule has 0 radical (unpaired) electrons. The van der Waals surface area contributed by atoms with E-state index in [-0.39, 0.29) is 5.91 Å². The number of benzene rings is 1. The second-order valence-corrected chi connectivity index (χ2v) is 6.38. The predicted molar refractivity (Wildman–Crippen MR) is 83.2 cm³/mol. The maximum absolute atomic E-state index is 12.5. The van der Waals surface area contributed by atoms with Crippen molar-refractivity contribution in [1.29, 1.82) is 0 Å². The molecule has 108 valence electrons. The number of thiol groups is 1. The van der Waals surface area contributed by atoms with E-state index in [1.165, 1.54) is 19.4 Å². The van der Waals surface area contributed by atoms with Crippen LogP contribution in [0.3, 0.4) is 0 Å².